The second-order valence-corrected chi connectivity index (χ2v) is 7.24. The Bertz CT molecular complexity index is 529. The minimum Gasteiger partial charge on any atom is -0.313 e. The Hall–Kier alpha value is -0.910. The average molecular weight is 312 g/mol. The first-order valence-corrected chi connectivity index (χ1v) is 9.33. The van der Waals surface area contributed by atoms with Gasteiger partial charge in [-0.05, 0) is 31.0 Å². The van der Waals surface area contributed by atoms with E-state index >= 15 is 0 Å². The summed E-state index contributed by atoms with van der Waals surface area (Å²) in [5.41, 5.74) is 1.98. The van der Waals surface area contributed by atoms with Crippen molar-refractivity contribution in [1.29, 1.82) is 0 Å². The van der Waals surface area contributed by atoms with Crippen LogP contribution in [0.2, 0.25) is 0 Å². The van der Waals surface area contributed by atoms with Crippen LogP contribution in [0.4, 0.5) is 0 Å². The van der Waals surface area contributed by atoms with Gasteiger partial charge in [0.2, 0.25) is 10.0 Å². The van der Waals surface area contributed by atoms with Crippen LogP contribution < -0.4 is 5.32 Å². The average Bonchev–Trinajstić information content (AvgIpc) is 2.45. The first-order chi connectivity index (χ1) is 9.94. The number of sulfonamides is 1. The molecule has 1 aromatic carbocycles. The van der Waals surface area contributed by atoms with Crippen LogP contribution in [0.5, 0.6) is 0 Å². The van der Waals surface area contributed by atoms with Crippen LogP contribution in [-0.4, -0.2) is 31.9 Å². The lowest BCUT2D eigenvalue weighted by molar-refractivity contribution is 0.342. The molecule has 1 aromatic rings. The molecule has 0 fully saturated rings. The van der Waals surface area contributed by atoms with Gasteiger partial charge in [-0.1, -0.05) is 45.0 Å². The van der Waals surface area contributed by atoms with Gasteiger partial charge in [0.1, 0.15) is 0 Å². The van der Waals surface area contributed by atoms with E-state index in [-0.39, 0.29) is 11.8 Å². The van der Waals surface area contributed by atoms with E-state index in [0.717, 1.165) is 30.6 Å². The second-order valence-electron chi connectivity index (χ2n) is 5.32. The van der Waals surface area contributed by atoms with Crippen molar-refractivity contribution in [3.63, 3.8) is 0 Å². The van der Waals surface area contributed by atoms with Crippen LogP contribution in [0.15, 0.2) is 24.3 Å². The third-order valence-electron chi connectivity index (χ3n) is 3.67. The van der Waals surface area contributed by atoms with Gasteiger partial charge in [0.15, 0.2) is 0 Å². The van der Waals surface area contributed by atoms with Crippen molar-refractivity contribution in [2.75, 3.05) is 13.1 Å². The van der Waals surface area contributed by atoms with E-state index in [2.05, 4.69) is 12.2 Å². The van der Waals surface area contributed by atoms with Crippen LogP contribution in [0.3, 0.4) is 0 Å². The number of hydrogen-bond donors (Lipinski definition) is 1. The smallest absolute Gasteiger partial charge is 0.218 e. The Morgan fingerprint density at radius 3 is 2.43 bits per heavy atom. The van der Waals surface area contributed by atoms with Gasteiger partial charge in [-0.3, -0.25) is 0 Å². The summed E-state index contributed by atoms with van der Waals surface area (Å²) in [5.74, 6) is 0.0745. The zero-order valence-corrected chi connectivity index (χ0v) is 14.4. The molecule has 0 bridgehead atoms. The Morgan fingerprint density at radius 1 is 1.19 bits per heavy atom. The first kappa shape index (κ1) is 18.1. The van der Waals surface area contributed by atoms with Gasteiger partial charge < -0.3 is 5.32 Å². The van der Waals surface area contributed by atoms with Gasteiger partial charge >= 0.3 is 0 Å². The second kappa shape index (κ2) is 8.51. The number of nitrogens with zero attached hydrogens (tertiary/aromatic N) is 1. The third kappa shape index (κ3) is 5.41. The fraction of sp³-hybridized carbons (Fsp3) is 0.625. The predicted molar refractivity (Wildman–Crippen MR) is 88.6 cm³/mol. The van der Waals surface area contributed by atoms with E-state index < -0.39 is 10.0 Å². The summed E-state index contributed by atoms with van der Waals surface area (Å²) < 4.78 is 26.7. The topological polar surface area (TPSA) is 49.4 Å². The fourth-order valence-corrected chi connectivity index (χ4v) is 4.24. The molecule has 1 N–H and O–H groups in total. The van der Waals surface area contributed by atoms with Crippen molar-refractivity contribution in [1.82, 2.24) is 9.62 Å². The highest BCUT2D eigenvalue weighted by atomic mass is 32.2. The van der Waals surface area contributed by atoms with Crippen LogP contribution in [0.25, 0.3) is 0 Å². The summed E-state index contributed by atoms with van der Waals surface area (Å²) in [6.07, 6.45) is 0.827. The quantitative estimate of drug-likeness (QED) is 0.763. The molecule has 0 saturated heterocycles. The molecule has 21 heavy (non-hydrogen) atoms. The molecule has 0 aliphatic carbocycles. The minimum absolute atomic E-state index is 0.0462. The fourth-order valence-electron chi connectivity index (χ4n) is 2.38. The molecule has 0 spiro atoms. The summed E-state index contributed by atoms with van der Waals surface area (Å²) in [6, 6.07) is 7.86. The Balaban J connectivity index is 2.87. The monoisotopic (exact) mass is 312 g/mol. The maximum absolute atomic E-state index is 12.6. The minimum atomic E-state index is -3.26. The summed E-state index contributed by atoms with van der Waals surface area (Å²) in [4.78, 5) is 0. The van der Waals surface area contributed by atoms with Gasteiger partial charge in [-0.25, -0.2) is 8.42 Å². The lowest BCUT2D eigenvalue weighted by Crippen LogP contribution is -2.38. The highest BCUT2D eigenvalue weighted by molar-refractivity contribution is 7.88. The van der Waals surface area contributed by atoms with Gasteiger partial charge in [-0.2, -0.15) is 4.31 Å². The molecule has 0 radical (unpaired) electrons. The Labute approximate surface area is 129 Å². The van der Waals surface area contributed by atoms with Crippen molar-refractivity contribution in [3.8, 4) is 0 Å². The zero-order valence-electron chi connectivity index (χ0n) is 13.6. The molecule has 0 heterocycles. The highest BCUT2D eigenvalue weighted by Gasteiger charge is 2.24. The molecular weight excluding hydrogens is 284 g/mol. The largest absolute Gasteiger partial charge is 0.313 e. The molecule has 1 atom stereocenters. The van der Waals surface area contributed by atoms with Crippen molar-refractivity contribution in [3.05, 3.63) is 35.4 Å². The maximum Gasteiger partial charge on any atom is 0.218 e. The molecular formula is C16H28N2O2S. The Kier molecular flexibility index (Phi) is 7.35. The normalized spacial score (nSPS) is 13.6. The molecule has 120 valence electrons. The number of hydrogen-bond acceptors (Lipinski definition) is 3. The van der Waals surface area contributed by atoms with Crippen LogP contribution in [0.1, 0.15) is 45.2 Å². The van der Waals surface area contributed by atoms with Crippen molar-refractivity contribution in [2.24, 2.45) is 0 Å². The molecule has 0 saturated carbocycles. The Morgan fingerprint density at radius 2 is 1.86 bits per heavy atom. The van der Waals surface area contributed by atoms with Crippen LogP contribution >= 0.6 is 0 Å². The van der Waals surface area contributed by atoms with Crippen molar-refractivity contribution in [2.45, 2.75) is 52.5 Å². The molecule has 1 rings (SSSR count). The summed E-state index contributed by atoms with van der Waals surface area (Å²) >= 11 is 0. The van der Waals surface area contributed by atoms with E-state index in [1.165, 1.54) is 0 Å². The van der Waals surface area contributed by atoms with E-state index in [1.807, 2.05) is 45.0 Å². The zero-order chi connectivity index (χ0) is 15.9. The molecule has 0 aliphatic heterocycles. The molecule has 5 heteroatoms. The van der Waals surface area contributed by atoms with Crippen molar-refractivity contribution < 1.29 is 8.42 Å². The number of rotatable bonds is 9. The van der Waals surface area contributed by atoms with Crippen molar-refractivity contribution >= 4 is 10.0 Å². The van der Waals surface area contributed by atoms with Crippen LogP contribution in [-0.2, 0) is 22.3 Å². The van der Waals surface area contributed by atoms with E-state index in [9.17, 15) is 8.42 Å². The third-order valence-corrected chi connectivity index (χ3v) is 5.70. The highest BCUT2D eigenvalue weighted by Crippen LogP contribution is 2.16. The summed E-state index contributed by atoms with van der Waals surface area (Å²) in [5, 5.41) is 3.26. The van der Waals surface area contributed by atoms with Gasteiger partial charge in [-0.15, -0.1) is 0 Å². The summed E-state index contributed by atoms with van der Waals surface area (Å²) in [7, 11) is -3.26. The lowest BCUT2D eigenvalue weighted by atomic mass is 10.1. The molecule has 0 aliphatic rings. The van der Waals surface area contributed by atoms with Gasteiger partial charge in [0.25, 0.3) is 0 Å². The van der Waals surface area contributed by atoms with Gasteiger partial charge in [0, 0.05) is 19.1 Å². The maximum atomic E-state index is 12.6. The molecule has 4 nitrogen and oxygen atoms in total. The molecule has 1 unspecified atom stereocenters. The molecule has 0 amide bonds. The number of benzene rings is 1. The van der Waals surface area contributed by atoms with E-state index in [0.29, 0.717) is 6.54 Å². The lowest BCUT2D eigenvalue weighted by Gasteiger charge is -2.26. The SMILES string of the molecule is CCNCc1cccc(CS(=O)(=O)N(CC)C(C)CC)c1. The summed E-state index contributed by atoms with van der Waals surface area (Å²) in [6.45, 7) is 10.1. The van der Waals surface area contributed by atoms with E-state index in [4.69, 9.17) is 0 Å². The van der Waals surface area contributed by atoms with Crippen LogP contribution in [0, 0.1) is 0 Å². The number of nitrogens with one attached hydrogen (secondary N) is 1. The van der Waals surface area contributed by atoms with E-state index in [1.54, 1.807) is 4.31 Å². The molecule has 0 aromatic heterocycles. The van der Waals surface area contributed by atoms with Gasteiger partial charge in [0.05, 0.1) is 5.75 Å². The standard InChI is InChI=1S/C16H28N2O2S/c1-5-14(4)18(7-3)21(19,20)13-16-10-8-9-15(11-16)12-17-6-2/h8-11,14,17H,5-7,12-13H2,1-4H3. The first-order valence-electron chi connectivity index (χ1n) is 7.72. The predicted octanol–water partition coefficient (Wildman–Crippen LogP) is 2.75.